The predicted octanol–water partition coefficient (Wildman–Crippen LogP) is 5.46. The highest BCUT2D eigenvalue weighted by Gasteiger charge is 2.35. The van der Waals surface area contributed by atoms with Crippen LogP contribution in [0.2, 0.25) is 0 Å². The minimum atomic E-state index is -0.920. The molecule has 0 saturated carbocycles. The Labute approximate surface area is 303 Å². The molecule has 0 aliphatic heterocycles. The predicted molar refractivity (Wildman–Crippen MR) is 202 cm³/mol. The van der Waals surface area contributed by atoms with Crippen molar-refractivity contribution >= 4 is 23.8 Å². The van der Waals surface area contributed by atoms with E-state index in [0.717, 1.165) is 22.3 Å². The van der Waals surface area contributed by atoms with Gasteiger partial charge in [0, 0.05) is 30.4 Å². The highest BCUT2D eigenvalue weighted by Crippen LogP contribution is 2.24. The summed E-state index contributed by atoms with van der Waals surface area (Å²) in [5, 5.41) is 24.2. The molecule has 11 nitrogen and oxygen atoms in total. The van der Waals surface area contributed by atoms with Crippen molar-refractivity contribution < 1.29 is 29.0 Å². The fourth-order valence-corrected chi connectivity index (χ4v) is 5.84. The minimum absolute atomic E-state index is 0.210. The molecule has 278 valence electrons. The Hall–Kier alpha value is -4.61. The number of hydrogen-bond acceptors (Lipinski definition) is 8. The first-order valence-corrected chi connectivity index (χ1v) is 17.4. The first-order valence-electron chi connectivity index (χ1n) is 17.4. The average Bonchev–Trinajstić information content (AvgIpc) is 3.08. The fourth-order valence-electron chi connectivity index (χ4n) is 5.84. The SMILES string of the molecule is COC(=O)N[C@H](C(=O)N[C@@H](Cc1ccccc1)C[C@H](O)[C@H](Cc1ccc(-c2ccc(N)cc2)cc1)NC[C@@H](NC(=O)OC)C(C)(C)C)C(C)(C)C. The van der Waals surface area contributed by atoms with Crippen LogP contribution in [0.1, 0.15) is 59.1 Å². The molecule has 0 saturated heterocycles. The van der Waals surface area contributed by atoms with E-state index >= 15 is 0 Å². The van der Waals surface area contributed by atoms with E-state index in [1.54, 1.807) is 0 Å². The van der Waals surface area contributed by atoms with Crippen LogP contribution in [0.3, 0.4) is 0 Å². The molecule has 3 aromatic rings. The van der Waals surface area contributed by atoms with Gasteiger partial charge in [0.15, 0.2) is 0 Å². The Morgan fingerprint density at radius 3 is 1.76 bits per heavy atom. The number of nitrogens with two attached hydrogens (primary N) is 1. The molecule has 0 unspecified atom stereocenters. The molecule has 5 atom stereocenters. The van der Waals surface area contributed by atoms with E-state index in [9.17, 15) is 19.5 Å². The van der Waals surface area contributed by atoms with Crippen molar-refractivity contribution in [2.24, 2.45) is 10.8 Å². The van der Waals surface area contributed by atoms with Crippen LogP contribution in [0.15, 0.2) is 78.9 Å². The molecule has 51 heavy (non-hydrogen) atoms. The molecule has 3 amide bonds. The molecule has 7 N–H and O–H groups in total. The number of nitrogens with one attached hydrogen (secondary N) is 4. The summed E-state index contributed by atoms with van der Waals surface area (Å²) in [5.74, 6) is -0.376. The smallest absolute Gasteiger partial charge is 0.407 e. The van der Waals surface area contributed by atoms with Crippen molar-refractivity contribution in [2.45, 2.75) is 91.1 Å². The molecule has 0 spiro atoms. The molecule has 0 bridgehead atoms. The second kappa shape index (κ2) is 18.6. The van der Waals surface area contributed by atoms with Gasteiger partial charge in [-0.2, -0.15) is 0 Å². The van der Waals surface area contributed by atoms with E-state index in [1.165, 1.54) is 14.2 Å². The Balaban J connectivity index is 1.92. The van der Waals surface area contributed by atoms with Gasteiger partial charge in [0.05, 0.1) is 20.3 Å². The maximum atomic E-state index is 13.8. The third-order valence-corrected chi connectivity index (χ3v) is 9.00. The second-order valence-electron chi connectivity index (χ2n) is 15.2. The van der Waals surface area contributed by atoms with Crippen LogP contribution >= 0.6 is 0 Å². The van der Waals surface area contributed by atoms with Gasteiger partial charge in [0.25, 0.3) is 0 Å². The Morgan fingerprint density at radius 2 is 1.24 bits per heavy atom. The van der Waals surface area contributed by atoms with Crippen molar-refractivity contribution in [3.8, 4) is 11.1 Å². The first-order chi connectivity index (χ1) is 24.0. The van der Waals surface area contributed by atoms with E-state index in [-0.39, 0.29) is 23.8 Å². The summed E-state index contributed by atoms with van der Waals surface area (Å²) >= 11 is 0. The zero-order chi connectivity index (χ0) is 37.8. The first kappa shape index (κ1) is 40.8. The topological polar surface area (TPSA) is 164 Å². The number of carbonyl (C=O) groups excluding carboxylic acids is 3. The van der Waals surface area contributed by atoms with E-state index < -0.39 is 41.8 Å². The normalized spacial score (nSPS) is 14.7. The third kappa shape index (κ3) is 13.2. The molecule has 0 aliphatic rings. The van der Waals surface area contributed by atoms with Crippen molar-refractivity contribution in [2.75, 3.05) is 26.5 Å². The van der Waals surface area contributed by atoms with Gasteiger partial charge in [0.1, 0.15) is 6.04 Å². The number of benzene rings is 3. The monoisotopic (exact) mass is 703 g/mol. The molecule has 0 aliphatic carbocycles. The van der Waals surface area contributed by atoms with Crippen molar-refractivity contribution in [1.82, 2.24) is 21.3 Å². The number of nitrogen functional groups attached to an aromatic ring is 1. The largest absolute Gasteiger partial charge is 0.453 e. The third-order valence-electron chi connectivity index (χ3n) is 9.00. The summed E-state index contributed by atoms with van der Waals surface area (Å²) in [5.41, 5.74) is 9.70. The Morgan fingerprint density at radius 1 is 0.706 bits per heavy atom. The standard InChI is InChI=1S/C40H57N5O6/c1-39(2,3)34(44-37(48)50-7)25-42-32(23-27-14-16-28(17-15-27)29-18-20-30(41)21-19-29)33(46)24-31(22-26-12-10-9-11-13-26)43-36(47)35(40(4,5)6)45-38(49)51-8/h9-21,31-35,42,46H,22-25,41H2,1-8H3,(H,43,47)(H,44,48)(H,45,49)/t31-,32-,33-,34+,35+/m0/s1. The second-order valence-corrected chi connectivity index (χ2v) is 15.2. The molecule has 0 heterocycles. The number of rotatable bonds is 15. The zero-order valence-corrected chi connectivity index (χ0v) is 31.3. The van der Waals surface area contributed by atoms with Crippen LogP contribution in [0.5, 0.6) is 0 Å². The highest BCUT2D eigenvalue weighted by molar-refractivity contribution is 5.86. The quantitative estimate of drug-likeness (QED) is 0.114. The van der Waals surface area contributed by atoms with Crippen molar-refractivity contribution in [1.29, 1.82) is 0 Å². The van der Waals surface area contributed by atoms with E-state index in [0.29, 0.717) is 25.1 Å². The van der Waals surface area contributed by atoms with Gasteiger partial charge < -0.3 is 41.6 Å². The van der Waals surface area contributed by atoms with Gasteiger partial charge in [-0.15, -0.1) is 0 Å². The lowest BCUT2D eigenvalue weighted by Gasteiger charge is -2.35. The van der Waals surface area contributed by atoms with Gasteiger partial charge in [-0.25, -0.2) is 9.59 Å². The lowest BCUT2D eigenvalue weighted by Crippen LogP contribution is -2.57. The number of amides is 3. The van der Waals surface area contributed by atoms with Crippen LogP contribution in [0.25, 0.3) is 11.1 Å². The van der Waals surface area contributed by atoms with Gasteiger partial charge >= 0.3 is 12.2 Å². The molecule has 0 aromatic heterocycles. The molecule has 11 heteroatoms. The van der Waals surface area contributed by atoms with Gasteiger partial charge in [-0.05, 0) is 64.5 Å². The summed E-state index contributed by atoms with van der Waals surface area (Å²) < 4.78 is 9.69. The Bertz CT molecular complexity index is 1530. The van der Waals surface area contributed by atoms with Crippen molar-refractivity contribution in [3.05, 3.63) is 90.0 Å². The Kier molecular flexibility index (Phi) is 14.9. The van der Waals surface area contributed by atoms with Crippen LogP contribution in [-0.2, 0) is 27.1 Å². The zero-order valence-electron chi connectivity index (χ0n) is 31.3. The fraction of sp³-hybridized carbons (Fsp3) is 0.475. The van der Waals surface area contributed by atoms with Crippen LogP contribution in [0.4, 0.5) is 15.3 Å². The maximum absolute atomic E-state index is 13.8. The highest BCUT2D eigenvalue weighted by atomic mass is 16.5. The van der Waals surface area contributed by atoms with Gasteiger partial charge in [0.2, 0.25) is 5.91 Å². The summed E-state index contributed by atoms with van der Waals surface area (Å²) in [6.07, 6.45) is -1.02. The summed E-state index contributed by atoms with van der Waals surface area (Å²) in [4.78, 5) is 38.2. The average molecular weight is 704 g/mol. The minimum Gasteiger partial charge on any atom is -0.453 e. The number of alkyl carbamates (subject to hydrolysis) is 2. The lowest BCUT2D eigenvalue weighted by atomic mass is 9.85. The number of hydrogen-bond donors (Lipinski definition) is 6. The van der Waals surface area contributed by atoms with Crippen LogP contribution in [-0.4, -0.2) is 74.2 Å². The number of anilines is 1. The maximum Gasteiger partial charge on any atom is 0.407 e. The lowest BCUT2D eigenvalue weighted by molar-refractivity contribution is -0.126. The number of aliphatic hydroxyl groups is 1. The van der Waals surface area contributed by atoms with E-state index in [1.807, 2.05) is 120 Å². The molecule has 3 rings (SSSR count). The van der Waals surface area contributed by atoms with Gasteiger partial charge in [-0.1, -0.05) is 108 Å². The summed E-state index contributed by atoms with van der Waals surface area (Å²) in [7, 11) is 2.58. The number of aliphatic hydroxyl groups excluding tert-OH is 1. The van der Waals surface area contributed by atoms with E-state index in [4.69, 9.17) is 15.2 Å². The van der Waals surface area contributed by atoms with Crippen LogP contribution < -0.4 is 27.0 Å². The number of ether oxygens (including phenoxy) is 2. The van der Waals surface area contributed by atoms with Crippen LogP contribution in [0, 0.1) is 10.8 Å². The summed E-state index contributed by atoms with van der Waals surface area (Å²) in [6.45, 7) is 12.0. The molecule has 0 fully saturated rings. The molecule has 0 radical (unpaired) electrons. The molecular formula is C40H57N5O6. The summed E-state index contributed by atoms with van der Waals surface area (Å²) in [6, 6.07) is 23.5. The number of methoxy groups -OCH3 is 2. The molecular weight excluding hydrogens is 646 g/mol. The number of carbonyl (C=O) groups is 3. The van der Waals surface area contributed by atoms with Crippen molar-refractivity contribution in [3.63, 3.8) is 0 Å². The molecule has 3 aromatic carbocycles. The van der Waals surface area contributed by atoms with Gasteiger partial charge in [-0.3, -0.25) is 4.79 Å². The van der Waals surface area contributed by atoms with E-state index in [2.05, 4.69) is 21.3 Å².